The standard InChI is InChI=1S/C13H24O3/c1-6-8-9-11(5)13(15,7-2)16-12(14)10(3)4/h11,15H,3,6-9H2,1-2,4-5H3. The molecule has 0 spiro atoms. The zero-order chi connectivity index (χ0) is 12.8. The first kappa shape index (κ1) is 15.2. The Labute approximate surface area is 98.5 Å². The van der Waals surface area contributed by atoms with E-state index in [9.17, 15) is 9.90 Å². The van der Waals surface area contributed by atoms with E-state index in [1.54, 1.807) is 6.92 Å². The smallest absolute Gasteiger partial charge is 0.335 e. The minimum absolute atomic E-state index is 0.0549. The average molecular weight is 228 g/mol. The highest BCUT2D eigenvalue weighted by atomic mass is 16.7. The second-order valence-corrected chi connectivity index (χ2v) is 4.41. The fraction of sp³-hybridized carbons (Fsp3) is 0.769. The minimum Gasteiger partial charge on any atom is -0.430 e. The maximum atomic E-state index is 11.4. The van der Waals surface area contributed by atoms with Crippen molar-refractivity contribution >= 4 is 5.97 Å². The Morgan fingerprint density at radius 3 is 2.44 bits per heavy atom. The Morgan fingerprint density at radius 2 is 2.06 bits per heavy atom. The maximum Gasteiger partial charge on any atom is 0.335 e. The molecule has 3 nitrogen and oxygen atoms in total. The van der Waals surface area contributed by atoms with Crippen molar-refractivity contribution in [2.24, 2.45) is 5.92 Å². The summed E-state index contributed by atoms with van der Waals surface area (Å²) in [5.41, 5.74) is 0.314. The lowest BCUT2D eigenvalue weighted by atomic mass is 9.92. The van der Waals surface area contributed by atoms with Gasteiger partial charge in [0, 0.05) is 17.9 Å². The molecule has 0 heterocycles. The molecule has 0 aromatic carbocycles. The molecule has 0 aliphatic carbocycles. The summed E-state index contributed by atoms with van der Waals surface area (Å²) in [6.07, 6.45) is 3.34. The van der Waals surface area contributed by atoms with Gasteiger partial charge in [0.15, 0.2) is 0 Å². The predicted octanol–water partition coefficient (Wildman–Crippen LogP) is 3.03. The van der Waals surface area contributed by atoms with Crippen LogP contribution < -0.4 is 0 Å². The van der Waals surface area contributed by atoms with Gasteiger partial charge in [0.2, 0.25) is 5.79 Å². The van der Waals surface area contributed by atoms with E-state index >= 15 is 0 Å². The molecule has 0 rings (SSSR count). The maximum absolute atomic E-state index is 11.4. The number of ether oxygens (including phenoxy) is 1. The van der Waals surface area contributed by atoms with E-state index in [4.69, 9.17) is 4.74 Å². The number of hydrogen-bond acceptors (Lipinski definition) is 3. The second-order valence-electron chi connectivity index (χ2n) is 4.41. The molecule has 0 aromatic heterocycles. The van der Waals surface area contributed by atoms with Gasteiger partial charge in [0.25, 0.3) is 0 Å². The van der Waals surface area contributed by atoms with Gasteiger partial charge in [0.05, 0.1) is 0 Å². The van der Waals surface area contributed by atoms with E-state index < -0.39 is 11.8 Å². The third kappa shape index (κ3) is 4.35. The Balaban J connectivity index is 4.51. The highest BCUT2D eigenvalue weighted by Crippen LogP contribution is 2.28. The molecule has 2 atom stereocenters. The van der Waals surface area contributed by atoms with Crippen molar-refractivity contribution in [3.05, 3.63) is 12.2 Å². The van der Waals surface area contributed by atoms with Gasteiger partial charge in [-0.05, 0) is 13.3 Å². The number of aliphatic hydroxyl groups is 1. The van der Waals surface area contributed by atoms with Crippen LogP contribution in [-0.2, 0) is 9.53 Å². The summed E-state index contributed by atoms with van der Waals surface area (Å²) in [6, 6.07) is 0. The van der Waals surface area contributed by atoms with E-state index in [1.165, 1.54) is 0 Å². The number of carbonyl (C=O) groups excluding carboxylic acids is 1. The average Bonchev–Trinajstić information content (AvgIpc) is 2.25. The van der Waals surface area contributed by atoms with Crippen LogP contribution in [0.2, 0.25) is 0 Å². The molecular weight excluding hydrogens is 204 g/mol. The number of unbranched alkanes of at least 4 members (excludes halogenated alkanes) is 1. The minimum atomic E-state index is -1.36. The quantitative estimate of drug-likeness (QED) is 0.414. The lowest BCUT2D eigenvalue weighted by Crippen LogP contribution is -2.41. The fourth-order valence-corrected chi connectivity index (χ4v) is 1.50. The molecule has 94 valence electrons. The van der Waals surface area contributed by atoms with Crippen LogP contribution in [0.5, 0.6) is 0 Å². The highest BCUT2D eigenvalue weighted by Gasteiger charge is 2.35. The molecule has 2 unspecified atom stereocenters. The molecule has 0 saturated heterocycles. The molecule has 0 amide bonds. The molecule has 0 aliphatic heterocycles. The van der Waals surface area contributed by atoms with Crippen molar-refractivity contribution in [2.75, 3.05) is 0 Å². The van der Waals surface area contributed by atoms with Gasteiger partial charge in [0.1, 0.15) is 0 Å². The van der Waals surface area contributed by atoms with Gasteiger partial charge in [-0.25, -0.2) is 4.79 Å². The molecule has 16 heavy (non-hydrogen) atoms. The Morgan fingerprint density at radius 1 is 1.50 bits per heavy atom. The Kier molecular flexibility index (Phi) is 6.34. The number of carbonyl (C=O) groups is 1. The van der Waals surface area contributed by atoms with Gasteiger partial charge in [-0.2, -0.15) is 0 Å². The first-order valence-corrected chi connectivity index (χ1v) is 5.98. The lowest BCUT2D eigenvalue weighted by Gasteiger charge is -2.32. The third-order valence-corrected chi connectivity index (χ3v) is 2.89. The van der Waals surface area contributed by atoms with Crippen LogP contribution in [0.15, 0.2) is 12.2 Å². The second kappa shape index (κ2) is 6.69. The molecule has 3 heteroatoms. The first-order valence-electron chi connectivity index (χ1n) is 5.98. The van der Waals surface area contributed by atoms with E-state index in [-0.39, 0.29) is 5.92 Å². The van der Waals surface area contributed by atoms with E-state index in [2.05, 4.69) is 13.5 Å². The first-order chi connectivity index (χ1) is 7.37. The van der Waals surface area contributed by atoms with Crippen molar-refractivity contribution in [1.82, 2.24) is 0 Å². The molecule has 0 aliphatic rings. The summed E-state index contributed by atoms with van der Waals surface area (Å²) in [7, 11) is 0. The predicted molar refractivity (Wildman–Crippen MR) is 64.8 cm³/mol. The molecular formula is C13H24O3. The van der Waals surface area contributed by atoms with Crippen LogP contribution in [0.25, 0.3) is 0 Å². The Bertz CT molecular complexity index is 248. The zero-order valence-electron chi connectivity index (χ0n) is 10.9. The summed E-state index contributed by atoms with van der Waals surface area (Å²) < 4.78 is 5.12. The molecule has 1 N–H and O–H groups in total. The number of rotatable bonds is 7. The topological polar surface area (TPSA) is 46.5 Å². The summed E-state index contributed by atoms with van der Waals surface area (Å²) in [4.78, 5) is 11.4. The lowest BCUT2D eigenvalue weighted by molar-refractivity contribution is -0.228. The van der Waals surface area contributed by atoms with Crippen LogP contribution >= 0.6 is 0 Å². The van der Waals surface area contributed by atoms with E-state index in [1.807, 2.05) is 13.8 Å². The largest absolute Gasteiger partial charge is 0.430 e. The molecule has 0 aromatic rings. The van der Waals surface area contributed by atoms with E-state index in [0.29, 0.717) is 12.0 Å². The SMILES string of the molecule is C=C(C)C(=O)OC(O)(CC)C(C)CCCC. The summed E-state index contributed by atoms with van der Waals surface area (Å²) in [5.74, 6) is -1.93. The van der Waals surface area contributed by atoms with Gasteiger partial charge < -0.3 is 9.84 Å². The summed E-state index contributed by atoms with van der Waals surface area (Å²) in [5, 5.41) is 10.3. The normalized spacial score (nSPS) is 16.3. The molecule has 0 fully saturated rings. The monoisotopic (exact) mass is 228 g/mol. The fourth-order valence-electron chi connectivity index (χ4n) is 1.50. The molecule has 0 radical (unpaired) electrons. The van der Waals surface area contributed by atoms with Crippen LogP contribution in [0, 0.1) is 5.92 Å². The van der Waals surface area contributed by atoms with Gasteiger partial charge in [-0.15, -0.1) is 0 Å². The van der Waals surface area contributed by atoms with Crippen molar-refractivity contribution in [3.63, 3.8) is 0 Å². The number of esters is 1. The van der Waals surface area contributed by atoms with Crippen LogP contribution in [0.1, 0.15) is 53.4 Å². The van der Waals surface area contributed by atoms with Crippen molar-refractivity contribution in [2.45, 2.75) is 59.2 Å². The van der Waals surface area contributed by atoms with Crippen LogP contribution in [-0.4, -0.2) is 16.9 Å². The van der Waals surface area contributed by atoms with Crippen molar-refractivity contribution < 1.29 is 14.6 Å². The highest BCUT2D eigenvalue weighted by molar-refractivity contribution is 5.87. The van der Waals surface area contributed by atoms with Crippen molar-refractivity contribution in [1.29, 1.82) is 0 Å². The molecule has 0 saturated carbocycles. The summed E-state index contributed by atoms with van der Waals surface area (Å²) >= 11 is 0. The Hall–Kier alpha value is -0.830. The van der Waals surface area contributed by atoms with Gasteiger partial charge in [-0.3, -0.25) is 0 Å². The van der Waals surface area contributed by atoms with Gasteiger partial charge in [-0.1, -0.05) is 40.2 Å². The summed E-state index contributed by atoms with van der Waals surface area (Å²) in [6.45, 7) is 10.9. The third-order valence-electron chi connectivity index (χ3n) is 2.89. The number of hydrogen-bond donors (Lipinski definition) is 1. The van der Waals surface area contributed by atoms with E-state index in [0.717, 1.165) is 19.3 Å². The van der Waals surface area contributed by atoms with Crippen molar-refractivity contribution in [3.8, 4) is 0 Å². The van der Waals surface area contributed by atoms with Crippen LogP contribution in [0.3, 0.4) is 0 Å². The van der Waals surface area contributed by atoms with Crippen LogP contribution in [0.4, 0.5) is 0 Å². The zero-order valence-corrected chi connectivity index (χ0v) is 10.9. The molecule has 0 bridgehead atoms. The van der Waals surface area contributed by atoms with Gasteiger partial charge >= 0.3 is 5.97 Å².